The predicted molar refractivity (Wildman–Crippen MR) is 92.4 cm³/mol. The van der Waals surface area contributed by atoms with Gasteiger partial charge in [-0.15, -0.1) is 0 Å². The fourth-order valence-corrected chi connectivity index (χ4v) is 3.07. The highest BCUT2D eigenvalue weighted by Crippen LogP contribution is 2.28. The van der Waals surface area contributed by atoms with Gasteiger partial charge in [0.15, 0.2) is 5.82 Å². The maximum Gasteiger partial charge on any atom is 0.163 e. The summed E-state index contributed by atoms with van der Waals surface area (Å²) < 4.78 is 8.39. The van der Waals surface area contributed by atoms with Crippen LogP contribution >= 0.6 is 15.9 Å². The van der Waals surface area contributed by atoms with Crippen molar-refractivity contribution in [1.29, 1.82) is 0 Å². The molecular weight excluding hydrogens is 370 g/mol. The Bertz CT molecular complexity index is 934. The molecule has 0 saturated carbocycles. The van der Waals surface area contributed by atoms with E-state index in [0.717, 1.165) is 15.9 Å². The molecule has 24 heavy (non-hydrogen) atoms. The van der Waals surface area contributed by atoms with Gasteiger partial charge in [-0.3, -0.25) is 0 Å². The van der Waals surface area contributed by atoms with Crippen LogP contribution in [0.4, 0.5) is 0 Å². The van der Waals surface area contributed by atoms with E-state index < -0.39 is 6.04 Å². The third-order valence-corrected chi connectivity index (χ3v) is 4.65. The van der Waals surface area contributed by atoms with Gasteiger partial charge in [-0.1, -0.05) is 34.1 Å². The number of rotatable bonds is 4. The summed E-state index contributed by atoms with van der Waals surface area (Å²) in [7, 11) is 0. The quantitative estimate of drug-likeness (QED) is 0.584. The van der Waals surface area contributed by atoms with Crippen molar-refractivity contribution in [2.24, 2.45) is 5.73 Å². The zero-order valence-electron chi connectivity index (χ0n) is 12.6. The first-order chi connectivity index (χ1) is 11.7. The Balaban J connectivity index is 1.74. The van der Waals surface area contributed by atoms with Crippen LogP contribution in [-0.4, -0.2) is 19.5 Å². The molecule has 6 nitrogen and oxygen atoms in total. The molecule has 7 heteroatoms. The largest absolute Gasteiger partial charge is 0.467 e. The number of hydrogen-bond donors (Lipinski definition) is 1. The minimum Gasteiger partial charge on any atom is -0.467 e. The van der Waals surface area contributed by atoms with Crippen molar-refractivity contribution < 1.29 is 4.42 Å². The first kappa shape index (κ1) is 15.0. The Morgan fingerprint density at radius 2 is 2.00 bits per heavy atom. The number of nitrogens with zero attached hydrogens (tertiary/aromatic N) is 4. The highest BCUT2D eigenvalue weighted by atomic mass is 79.9. The number of furan rings is 1. The van der Waals surface area contributed by atoms with E-state index in [9.17, 15) is 0 Å². The Labute approximate surface area is 146 Å². The summed E-state index contributed by atoms with van der Waals surface area (Å²) in [4.78, 5) is 13.2. The van der Waals surface area contributed by atoms with Gasteiger partial charge in [-0.2, -0.15) is 0 Å². The molecule has 2 aliphatic rings. The van der Waals surface area contributed by atoms with Crippen LogP contribution in [0.3, 0.4) is 0 Å². The fourth-order valence-electron chi connectivity index (χ4n) is 2.66. The minimum atomic E-state index is -0.475. The average Bonchev–Trinajstić information content (AvgIpc) is 3.28. The van der Waals surface area contributed by atoms with E-state index in [1.807, 2.05) is 28.8 Å². The Morgan fingerprint density at radius 3 is 2.79 bits per heavy atom. The number of aromatic nitrogens is 4. The van der Waals surface area contributed by atoms with Gasteiger partial charge in [0.05, 0.1) is 24.8 Å². The summed E-state index contributed by atoms with van der Waals surface area (Å²) in [5.74, 6) is 1.40. The summed E-state index contributed by atoms with van der Waals surface area (Å²) in [6.45, 7) is 0.639. The van der Waals surface area contributed by atoms with E-state index >= 15 is 0 Å². The summed E-state index contributed by atoms with van der Waals surface area (Å²) in [6.07, 6.45) is 4.87. The minimum absolute atomic E-state index is 0.475. The van der Waals surface area contributed by atoms with Crippen LogP contribution in [0.15, 0.2) is 64.2 Å². The zero-order valence-corrected chi connectivity index (χ0v) is 14.2. The highest BCUT2D eigenvalue weighted by Gasteiger charge is 2.24. The number of halogens is 1. The van der Waals surface area contributed by atoms with E-state index in [-0.39, 0.29) is 0 Å². The van der Waals surface area contributed by atoms with Gasteiger partial charge >= 0.3 is 0 Å². The van der Waals surface area contributed by atoms with E-state index in [4.69, 9.17) is 10.2 Å². The van der Waals surface area contributed by atoms with Crippen molar-refractivity contribution in [3.63, 3.8) is 0 Å². The number of hydrogen-bond acceptors (Lipinski definition) is 5. The summed E-state index contributed by atoms with van der Waals surface area (Å²) in [5, 5.41) is 0. The molecule has 0 fully saturated rings. The average molecular weight is 384 g/mol. The molecule has 0 aliphatic carbocycles. The lowest BCUT2D eigenvalue weighted by Gasteiger charge is -2.16. The molecule has 1 aromatic heterocycles. The van der Waals surface area contributed by atoms with Gasteiger partial charge < -0.3 is 14.7 Å². The first-order valence-electron chi connectivity index (χ1n) is 7.42. The van der Waals surface area contributed by atoms with Crippen molar-refractivity contribution in [3.8, 4) is 11.5 Å². The molecule has 2 aliphatic heterocycles. The molecule has 0 spiro atoms. The molecule has 0 radical (unpaired) electrons. The molecule has 0 amide bonds. The van der Waals surface area contributed by atoms with E-state index in [2.05, 4.69) is 36.9 Å². The maximum absolute atomic E-state index is 6.27. The fraction of sp³-hybridized carbons (Fsp3) is 0.118. The molecular formula is C17H14BrN5O. The van der Waals surface area contributed by atoms with Gasteiger partial charge in [0, 0.05) is 4.47 Å². The second kappa shape index (κ2) is 6.18. The molecule has 0 bridgehead atoms. The molecule has 1 aromatic carbocycles. The van der Waals surface area contributed by atoms with Crippen molar-refractivity contribution in [2.75, 3.05) is 0 Å². The Hall–Kier alpha value is -2.51. The predicted octanol–water partition coefficient (Wildman–Crippen LogP) is 3.23. The molecule has 2 aromatic rings. The topological polar surface area (TPSA) is 82.8 Å². The zero-order chi connectivity index (χ0) is 16.5. The lowest BCUT2D eigenvalue weighted by atomic mass is 10.1. The first-order valence-corrected chi connectivity index (χ1v) is 8.21. The molecule has 3 heterocycles. The van der Waals surface area contributed by atoms with Crippen LogP contribution < -0.4 is 5.73 Å². The number of imidazole rings is 1. The van der Waals surface area contributed by atoms with Gasteiger partial charge in [0.2, 0.25) is 0 Å². The smallest absolute Gasteiger partial charge is 0.163 e. The molecule has 4 rings (SSSR count). The van der Waals surface area contributed by atoms with Gasteiger partial charge in [0.1, 0.15) is 23.8 Å². The molecule has 2 N–H and O–H groups in total. The Kier molecular flexibility index (Phi) is 3.87. The Morgan fingerprint density at radius 1 is 1.12 bits per heavy atom. The van der Waals surface area contributed by atoms with Gasteiger partial charge in [0.25, 0.3) is 0 Å². The summed E-state index contributed by atoms with van der Waals surface area (Å²) in [5.41, 5.74) is 8.75. The van der Waals surface area contributed by atoms with Crippen LogP contribution in [0.5, 0.6) is 0 Å². The van der Waals surface area contributed by atoms with Crippen molar-refractivity contribution >= 4 is 15.9 Å². The van der Waals surface area contributed by atoms with Crippen molar-refractivity contribution in [2.45, 2.75) is 12.6 Å². The highest BCUT2D eigenvalue weighted by molar-refractivity contribution is 9.10. The third-order valence-electron chi connectivity index (χ3n) is 3.87. The number of benzene rings is 1. The summed E-state index contributed by atoms with van der Waals surface area (Å²) in [6, 6.07) is 11.2. The van der Waals surface area contributed by atoms with E-state index in [1.54, 1.807) is 18.7 Å². The molecule has 1 unspecified atom stereocenters. The normalized spacial score (nSPS) is 12.6. The van der Waals surface area contributed by atoms with Crippen molar-refractivity contribution in [3.05, 3.63) is 76.8 Å². The standard InChI is InChI=1S/C17H14BrN5O/c18-12-5-2-1-4-11(12)8-23-10-22-15(16-17(23)21-9-20-16)14(19)13-6-3-7-24-13/h1-7,9-10,14H,8,19H2. The van der Waals surface area contributed by atoms with Crippen molar-refractivity contribution in [1.82, 2.24) is 19.5 Å². The van der Waals surface area contributed by atoms with Gasteiger partial charge in [-0.05, 0) is 23.8 Å². The summed E-state index contributed by atoms with van der Waals surface area (Å²) >= 11 is 3.57. The van der Waals surface area contributed by atoms with Gasteiger partial charge in [-0.25, -0.2) is 15.0 Å². The van der Waals surface area contributed by atoms with E-state index in [0.29, 0.717) is 23.7 Å². The lowest BCUT2D eigenvalue weighted by Crippen LogP contribution is -2.18. The third kappa shape index (κ3) is 2.61. The van der Waals surface area contributed by atoms with Crippen LogP contribution in [0.25, 0.3) is 11.5 Å². The van der Waals surface area contributed by atoms with Crippen LogP contribution in [0, 0.1) is 0 Å². The second-order valence-electron chi connectivity index (χ2n) is 5.39. The molecule has 120 valence electrons. The van der Waals surface area contributed by atoms with Crippen LogP contribution in [0.1, 0.15) is 23.1 Å². The van der Waals surface area contributed by atoms with Crippen LogP contribution in [-0.2, 0) is 6.54 Å². The SMILES string of the molecule is NC(c1ccco1)c1ncn(Cc2ccccc2Br)c2ncnc1-2. The molecule has 0 saturated heterocycles. The lowest BCUT2D eigenvalue weighted by molar-refractivity contribution is 0.485. The maximum atomic E-state index is 6.27. The second-order valence-corrected chi connectivity index (χ2v) is 6.24. The number of nitrogens with two attached hydrogens (primary N) is 1. The van der Waals surface area contributed by atoms with E-state index in [1.165, 1.54) is 6.33 Å². The number of fused-ring (bicyclic) bond motifs is 1. The molecule has 1 atom stereocenters. The monoisotopic (exact) mass is 383 g/mol. The van der Waals surface area contributed by atoms with Crippen LogP contribution in [0.2, 0.25) is 0 Å².